The highest BCUT2D eigenvalue weighted by atomic mass is 16.5. The highest BCUT2D eigenvalue weighted by Crippen LogP contribution is 2.29. The smallest absolute Gasteiger partial charge is 0.349 e. The van der Waals surface area contributed by atoms with E-state index in [4.69, 9.17) is 4.74 Å². The van der Waals surface area contributed by atoms with Crippen molar-refractivity contribution >= 4 is 11.5 Å². The molecule has 0 radical (unpaired) electrons. The van der Waals surface area contributed by atoms with Gasteiger partial charge in [0.05, 0.1) is 6.61 Å². The molecule has 0 bridgehead atoms. The molecule has 0 aromatic heterocycles. The Labute approximate surface area is 133 Å². The maximum atomic E-state index is 12.1. The molecule has 0 saturated carbocycles. The molecule has 0 atom stereocenters. The van der Waals surface area contributed by atoms with Gasteiger partial charge in [-0.05, 0) is 42.3 Å². The average Bonchev–Trinajstić information content (AvgIpc) is 2.55. The van der Waals surface area contributed by atoms with Gasteiger partial charge in [-0.1, -0.05) is 24.3 Å². The summed E-state index contributed by atoms with van der Waals surface area (Å²) in [4.78, 5) is 12.1. The third-order valence-corrected chi connectivity index (χ3v) is 3.15. The van der Waals surface area contributed by atoms with E-state index in [2.05, 4.69) is 0 Å². The maximum absolute atomic E-state index is 12.1. The monoisotopic (exact) mass is 309 g/mol. The molecule has 0 heterocycles. The Balaban J connectivity index is 2.68. The summed E-state index contributed by atoms with van der Waals surface area (Å²) in [5.74, 6) is -0.562. The van der Waals surface area contributed by atoms with Gasteiger partial charge >= 0.3 is 5.97 Å². The summed E-state index contributed by atoms with van der Waals surface area (Å²) in [6.45, 7) is 1.82. The summed E-state index contributed by atoms with van der Waals surface area (Å²) in [6.07, 6.45) is 0. The van der Waals surface area contributed by atoms with Crippen LogP contribution in [0.1, 0.15) is 18.1 Å². The van der Waals surface area contributed by atoms with Gasteiger partial charge in [0.25, 0.3) is 0 Å². The van der Waals surface area contributed by atoms with Crippen molar-refractivity contribution in [3.63, 3.8) is 0 Å². The zero-order valence-corrected chi connectivity index (χ0v) is 12.5. The number of phenols is 2. The summed E-state index contributed by atoms with van der Waals surface area (Å²) < 4.78 is 4.95. The molecule has 116 valence electrons. The number of ether oxygens (including phenoxy) is 1. The summed E-state index contributed by atoms with van der Waals surface area (Å²) in [6, 6.07) is 14.2. The van der Waals surface area contributed by atoms with Crippen LogP contribution in [0.4, 0.5) is 0 Å². The van der Waals surface area contributed by atoms with E-state index in [9.17, 15) is 20.3 Å². The van der Waals surface area contributed by atoms with Crippen LogP contribution in [0.25, 0.3) is 5.57 Å². The second-order valence-electron chi connectivity index (χ2n) is 4.68. The topological polar surface area (TPSA) is 90.6 Å². The van der Waals surface area contributed by atoms with Crippen LogP contribution in [0, 0.1) is 11.3 Å². The molecule has 2 aromatic carbocycles. The van der Waals surface area contributed by atoms with Crippen LogP contribution in [0.3, 0.4) is 0 Å². The average molecular weight is 309 g/mol. The summed E-state index contributed by atoms with van der Waals surface area (Å²) in [5.41, 5.74) is 1.41. The molecular formula is C18H15NO4. The normalized spacial score (nSPS) is 9.74. The lowest BCUT2D eigenvalue weighted by molar-refractivity contribution is -0.137. The van der Waals surface area contributed by atoms with Crippen molar-refractivity contribution in [3.8, 4) is 17.6 Å². The second-order valence-corrected chi connectivity index (χ2v) is 4.68. The van der Waals surface area contributed by atoms with Gasteiger partial charge in [-0.2, -0.15) is 5.26 Å². The predicted octanol–water partition coefficient (Wildman–Crippen LogP) is 2.99. The molecule has 23 heavy (non-hydrogen) atoms. The largest absolute Gasteiger partial charge is 0.508 e. The van der Waals surface area contributed by atoms with Crippen LogP contribution in [-0.2, 0) is 9.53 Å². The Morgan fingerprint density at radius 3 is 1.78 bits per heavy atom. The SMILES string of the molecule is CCOC(=O)C(C#N)=C(c1ccc(O)cc1)c1ccc(O)cc1. The zero-order chi connectivity index (χ0) is 16.8. The van der Waals surface area contributed by atoms with Crippen molar-refractivity contribution in [1.82, 2.24) is 0 Å². The van der Waals surface area contributed by atoms with Crippen LogP contribution in [0.2, 0.25) is 0 Å². The van der Waals surface area contributed by atoms with Crippen LogP contribution < -0.4 is 0 Å². The highest BCUT2D eigenvalue weighted by Gasteiger charge is 2.19. The first-order valence-corrected chi connectivity index (χ1v) is 6.97. The van der Waals surface area contributed by atoms with Gasteiger partial charge in [0.1, 0.15) is 23.1 Å². The number of carbonyl (C=O) groups excluding carboxylic acids is 1. The van der Waals surface area contributed by atoms with Crippen molar-refractivity contribution in [2.45, 2.75) is 6.92 Å². The molecule has 0 aliphatic heterocycles. The van der Waals surface area contributed by atoms with Gasteiger partial charge in [0, 0.05) is 5.57 Å². The number of aromatic hydroxyl groups is 2. The molecule has 2 aromatic rings. The molecule has 0 aliphatic carbocycles. The molecule has 0 spiro atoms. The molecular weight excluding hydrogens is 294 g/mol. The minimum absolute atomic E-state index is 0.0773. The third-order valence-electron chi connectivity index (χ3n) is 3.15. The molecule has 5 heteroatoms. The van der Waals surface area contributed by atoms with E-state index in [1.54, 1.807) is 31.2 Å². The fourth-order valence-electron chi connectivity index (χ4n) is 2.12. The molecule has 0 saturated heterocycles. The second kappa shape index (κ2) is 7.14. The predicted molar refractivity (Wildman–Crippen MR) is 84.5 cm³/mol. The Morgan fingerprint density at radius 2 is 1.43 bits per heavy atom. The summed E-state index contributed by atoms with van der Waals surface area (Å²) in [5, 5.41) is 28.3. The lowest BCUT2D eigenvalue weighted by Crippen LogP contribution is -2.09. The lowest BCUT2D eigenvalue weighted by atomic mass is 9.93. The minimum atomic E-state index is -0.717. The van der Waals surface area contributed by atoms with Crippen molar-refractivity contribution in [2.24, 2.45) is 0 Å². The Morgan fingerprint density at radius 1 is 1.00 bits per heavy atom. The van der Waals surface area contributed by atoms with Crippen LogP contribution in [-0.4, -0.2) is 22.8 Å². The molecule has 0 fully saturated rings. The number of benzene rings is 2. The summed E-state index contributed by atoms with van der Waals surface area (Å²) >= 11 is 0. The van der Waals surface area contributed by atoms with Gasteiger partial charge < -0.3 is 14.9 Å². The van der Waals surface area contributed by atoms with Crippen LogP contribution in [0.5, 0.6) is 11.5 Å². The third kappa shape index (κ3) is 3.69. The van der Waals surface area contributed by atoms with E-state index in [0.29, 0.717) is 16.7 Å². The molecule has 0 amide bonds. The first-order chi connectivity index (χ1) is 11.1. The van der Waals surface area contributed by atoms with Gasteiger partial charge in [0.15, 0.2) is 0 Å². The van der Waals surface area contributed by atoms with E-state index < -0.39 is 5.97 Å². The van der Waals surface area contributed by atoms with Crippen molar-refractivity contribution in [1.29, 1.82) is 5.26 Å². The maximum Gasteiger partial charge on any atom is 0.349 e. The van der Waals surface area contributed by atoms with Crippen molar-refractivity contribution in [3.05, 3.63) is 65.2 Å². The van der Waals surface area contributed by atoms with E-state index >= 15 is 0 Å². The molecule has 5 nitrogen and oxygen atoms in total. The number of nitriles is 1. The Bertz CT molecular complexity index is 721. The molecule has 0 aliphatic rings. The van der Waals surface area contributed by atoms with Crippen molar-refractivity contribution < 1.29 is 19.7 Å². The van der Waals surface area contributed by atoms with Gasteiger partial charge in [-0.3, -0.25) is 0 Å². The van der Waals surface area contributed by atoms with Gasteiger partial charge in [0.2, 0.25) is 0 Å². The first-order valence-electron chi connectivity index (χ1n) is 6.97. The fraction of sp³-hybridized carbons (Fsp3) is 0.111. The van der Waals surface area contributed by atoms with E-state index in [1.165, 1.54) is 24.3 Å². The lowest BCUT2D eigenvalue weighted by Gasteiger charge is -2.11. The zero-order valence-electron chi connectivity index (χ0n) is 12.5. The van der Waals surface area contributed by atoms with E-state index in [-0.39, 0.29) is 23.7 Å². The summed E-state index contributed by atoms with van der Waals surface area (Å²) in [7, 11) is 0. The van der Waals surface area contributed by atoms with Gasteiger partial charge in [-0.15, -0.1) is 0 Å². The standard InChI is InChI=1S/C18H15NO4/c1-2-23-18(22)16(11-19)17(12-3-7-14(20)8-4-12)13-5-9-15(21)10-6-13/h3-10,20-21H,2H2,1H3. The van der Waals surface area contributed by atoms with Crippen LogP contribution >= 0.6 is 0 Å². The molecule has 0 unspecified atom stereocenters. The van der Waals surface area contributed by atoms with E-state index in [1.807, 2.05) is 6.07 Å². The number of phenolic OH excluding ortho intramolecular Hbond substituents is 2. The Hall–Kier alpha value is -3.26. The number of carbonyl (C=O) groups is 1. The van der Waals surface area contributed by atoms with Crippen molar-refractivity contribution in [2.75, 3.05) is 6.61 Å². The first kappa shape index (κ1) is 16.1. The highest BCUT2D eigenvalue weighted by molar-refractivity contribution is 6.05. The number of hydrogen-bond acceptors (Lipinski definition) is 5. The van der Waals surface area contributed by atoms with Crippen LogP contribution in [0.15, 0.2) is 54.1 Å². The number of nitrogens with zero attached hydrogens (tertiary/aromatic N) is 1. The number of esters is 1. The Kier molecular flexibility index (Phi) is 5.00. The quantitative estimate of drug-likeness (QED) is 0.515. The van der Waals surface area contributed by atoms with Gasteiger partial charge in [-0.25, -0.2) is 4.79 Å². The minimum Gasteiger partial charge on any atom is -0.508 e. The van der Waals surface area contributed by atoms with E-state index in [0.717, 1.165) is 0 Å². The molecule has 2 N–H and O–H groups in total. The number of rotatable bonds is 4. The number of hydrogen-bond donors (Lipinski definition) is 2. The fourth-order valence-corrected chi connectivity index (χ4v) is 2.12. The molecule has 2 rings (SSSR count).